The van der Waals surface area contributed by atoms with E-state index in [4.69, 9.17) is 10.5 Å². The molecule has 2 rings (SSSR count). The maximum absolute atomic E-state index is 13.5. The van der Waals surface area contributed by atoms with E-state index in [-0.39, 0.29) is 23.3 Å². The van der Waals surface area contributed by atoms with Crippen LogP contribution < -0.4 is 10.5 Å². The van der Waals surface area contributed by atoms with Gasteiger partial charge in [0.05, 0.1) is 12.7 Å². The third-order valence-corrected chi connectivity index (χ3v) is 1.99. The highest BCUT2D eigenvalue weighted by molar-refractivity contribution is 5.57. The van der Waals surface area contributed by atoms with Crippen molar-refractivity contribution in [3.05, 3.63) is 29.8 Å². The SMILES string of the molecule is COc1nc(N)nc(-c2ccc(F)cc2F)n1. The first-order valence-corrected chi connectivity index (χ1v) is 4.61. The Morgan fingerprint density at radius 1 is 1.18 bits per heavy atom. The molecule has 0 radical (unpaired) electrons. The van der Waals surface area contributed by atoms with Crippen LogP contribution in [0.3, 0.4) is 0 Å². The van der Waals surface area contributed by atoms with Crippen LogP contribution in [0.25, 0.3) is 11.4 Å². The third-order valence-electron chi connectivity index (χ3n) is 1.99. The Kier molecular flexibility index (Phi) is 2.82. The number of benzene rings is 1. The van der Waals surface area contributed by atoms with Crippen LogP contribution in [0.4, 0.5) is 14.7 Å². The van der Waals surface area contributed by atoms with Gasteiger partial charge in [0.15, 0.2) is 5.82 Å². The van der Waals surface area contributed by atoms with Crippen LogP contribution in [0.5, 0.6) is 6.01 Å². The molecule has 1 aromatic carbocycles. The van der Waals surface area contributed by atoms with Gasteiger partial charge in [-0.3, -0.25) is 0 Å². The number of methoxy groups -OCH3 is 1. The number of nitrogens with two attached hydrogens (primary N) is 1. The smallest absolute Gasteiger partial charge is 0.321 e. The quantitative estimate of drug-likeness (QED) is 0.856. The number of aromatic nitrogens is 3. The molecule has 5 nitrogen and oxygen atoms in total. The van der Waals surface area contributed by atoms with Gasteiger partial charge < -0.3 is 10.5 Å². The Morgan fingerprint density at radius 3 is 2.59 bits per heavy atom. The summed E-state index contributed by atoms with van der Waals surface area (Å²) in [6, 6.07) is 3.03. The van der Waals surface area contributed by atoms with E-state index in [0.717, 1.165) is 12.1 Å². The zero-order valence-corrected chi connectivity index (χ0v) is 8.82. The Labute approximate surface area is 95.3 Å². The summed E-state index contributed by atoms with van der Waals surface area (Å²) in [5.74, 6) is -1.57. The van der Waals surface area contributed by atoms with Crippen molar-refractivity contribution in [1.29, 1.82) is 0 Å². The van der Waals surface area contributed by atoms with E-state index in [1.54, 1.807) is 0 Å². The molecule has 2 N–H and O–H groups in total. The molecule has 0 amide bonds. The first-order chi connectivity index (χ1) is 8.10. The van der Waals surface area contributed by atoms with Crippen molar-refractivity contribution in [2.45, 2.75) is 0 Å². The van der Waals surface area contributed by atoms with E-state index in [1.165, 1.54) is 13.2 Å². The van der Waals surface area contributed by atoms with Crippen LogP contribution in [0, 0.1) is 11.6 Å². The highest BCUT2D eigenvalue weighted by Gasteiger charge is 2.12. The van der Waals surface area contributed by atoms with Crippen LogP contribution in [0.2, 0.25) is 0 Å². The molecule has 0 bridgehead atoms. The molecular formula is C10H8F2N4O. The van der Waals surface area contributed by atoms with Crippen molar-refractivity contribution in [1.82, 2.24) is 15.0 Å². The summed E-state index contributed by atoms with van der Waals surface area (Å²) in [4.78, 5) is 11.2. The zero-order valence-electron chi connectivity index (χ0n) is 8.82. The lowest BCUT2D eigenvalue weighted by Gasteiger charge is -2.04. The van der Waals surface area contributed by atoms with Gasteiger partial charge in [0.2, 0.25) is 5.95 Å². The summed E-state index contributed by atoms with van der Waals surface area (Å²) in [5, 5.41) is 0. The average Bonchev–Trinajstić information content (AvgIpc) is 2.28. The topological polar surface area (TPSA) is 73.9 Å². The fourth-order valence-corrected chi connectivity index (χ4v) is 1.25. The minimum atomic E-state index is -0.780. The van der Waals surface area contributed by atoms with E-state index in [0.29, 0.717) is 0 Å². The molecule has 0 unspecified atom stereocenters. The van der Waals surface area contributed by atoms with Gasteiger partial charge in [-0.15, -0.1) is 0 Å². The lowest BCUT2D eigenvalue weighted by Crippen LogP contribution is -2.03. The van der Waals surface area contributed by atoms with Crippen LogP contribution in [0.1, 0.15) is 0 Å². The maximum Gasteiger partial charge on any atom is 0.321 e. The highest BCUT2D eigenvalue weighted by atomic mass is 19.1. The molecule has 0 atom stereocenters. The molecule has 0 saturated carbocycles. The predicted octanol–water partition coefficient (Wildman–Crippen LogP) is 1.41. The minimum absolute atomic E-state index is 0.00755. The van der Waals surface area contributed by atoms with Crippen molar-refractivity contribution in [2.75, 3.05) is 12.8 Å². The van der Waals surface area contributed by atoms with Crippen molar-refractivity contribution >= 4 is 5.95 Å². The number of hydrogen-bond acceptors (Lipinski definition) is 5. The lowest BCUT2D eigenvalue weighted by molar-refractivity contribution is 0.379. The molecule has 7 heteroatoms. The number of hydrogen-bond donors (Lipinski definition) is 1. The standard InChI is InChI=1S/C10H8F2N4O/c1-17-10-15-8(14-9(13)16-10)6-3-2-5(11)4-7(6)12/h2-4H,1H3,(H2,13,14,15,16). The summed E-state index contributed by atoms with van der Waals surface area (Å²) in [5.41, 5.74) is 5.44. The van der Waals surface area contributed by atoms with Crippen LogP contribution in [0.15, 0.2) is 18.2 Å². The number of rotatable bonds is 2. The molecule has 88 valence electrons. The van der Waals surface area contributed by atoms with Gasteiger partial charge in [0, 0.05) is 6.07 Å². The number of ether oxygens (including phenoxy) is 1. The summed E-state index contributed by atoms with van der Waals surface area (Å²) in [7, 11) is 1.35. The van der Waals surface area contributed by atoms with Crippen molar-refractivity contribution in [3.8, 4) is 17.4 Å². The largest absolute Gasteiger partial charge is 0.467 e. The normalized spacial score (nSPS) is 10.3. The van der Waals surface area contributed by atoms with E-state index >= 15 is 0 Å². The molecule has 0 saturated heterocycles. The molecular weight excluding hydrogens is 230 g/mol. The maximum atomic E-state index is 13.5. The highest BCUT2D eigenvalue weighted by Crippen LogP contribution is 2.21. The van der Waals surface area contributed by atoms with Crippen LogP contribution in [-0.4, -0.2) is 22.1 Å². The molecule has 0 aliphatic rings. The number of anilines is 1. The molecule has 0 spiro atoms. The van der Waals surface area contributed by atoms with E-state index in [1.807, 2.05) is 0 Å². The predicted molar refractivity (Wildman–Crippen MR) is 56.1 cm³/mol. The van der Waals surface area contributed by atoms with Gasteiger partial charge in [0.25, 0.3) is 0 Å². The number of nitrogens with zero attached hydrogens (tertiary/aromatic N) is 3. The molecule has 0 aliphatic heterocycles. The zero-order chi connectivity index (χ0) is 12.4. The number of nitrogen functional groups attached to an aromatic ring is 1. The van der Waals surface area contributed by atoms with Crippen LogP contribution >= 0.6 is 0 Å². The molecule has 17 heavy (non-hydrogen) atoms. The van der Waals surface area contributed by atoms with Gasteiger partial charge in [-0.05, 0) is 12.1 Å². The summed E-state index contributed by atoms with van der Waals surface area (Å²) < 4.78 is 31.0. The van der Waals surface area contributed by atoms with Crippen molar-refractivity contribution in [2.24, 2.45) is 0 Å². The summed E-state index contributed by atoms with van der Waals surface area (Å²) in [6.07, 6.45) is 0. The van der Waals surface area contributed by atoms with E-state index in [2.05, 4.69) is 15.0 Å². The molecule has 1 aromatic heterocycles. The molecule has 0 fully saturated rings. The second kappa shape index (κ2) is 4.28. The number of halogens is 2. The Balaban J connectivity index is 2.55. The first-order valence-electron chi connectivity index (χ1n) is 4.61. The third kappa shape index (κ3) is 2.27. The van der Waals surface area contributed by atoms with E-state index < -0.39 is 11.6 Å². The fourth-order valence-electron chi connectivity index (χ4n) is 1.25. The van der Waals surface area contributed by atoms with Gasteiger partial charge in [-0.1, -0.05) is 0 Å². The average molecular weight is 238 g/mol. The first kappa shape index (κ1) is 11.2. The summed E-state index contributed by atoms with van der Waals surface area (Å²) in [6.45, 7) is 0. The van der Waals surface area contributed by atoms with Gasteiger partial charge in [-0.2, -0.15) is 15.0 Å². The van der Waals surface area contributed by atoms with Gasteiger partial charge in [0.1, 0.15) is 11.6 Å². The fraction of sp³-hybridized carbons (Fsp3) is 0.100. The molecule has 0 aliphatic carbocycles. The van der Waals surface area contributed by atoms with Crippen molar-refractivity contribution in [3.63, 3.8) is 0 Å². The lowest BCUT2D eigenvalue weighted by atomic mass is 10.2. The Morgan fingerprint density at radius 2 is 1.94 bits per heavy atom. The summed E-state index contributed by atoms with van der Waals surface area (Å²) >= 11 is 0. The second-order valence-electron chi connectivity index (χ2n) is 3.13. The second-order valence-corrected chi connectivity index (χ2v) is 3.13. The Bertz CT molecular complexity index is 562. The Hall–Kier alpha value is -2.31. The van der Waals surface area contributed by atoms with Gasteiger partial charge >= 0.3 is 6.01 Å². The van der Waals surface area contributed by atoms with Crippen molar-refractivity contribution < 1.29 is 13.5 Å². The van der Waals surface area contributed by atoms with Gasteiger partial charge in [-0.25, -0.2) is 8.78 Å². The molecule has 2 aromatic rings. The van der Waals surface area contributed by atoms with Crippen LogP contribution in [-0.2, 0) is 0 Å². The minimum Gasteiger partial charge on any atom is -0.467 e. The van der Waals surface area contributed by atoms with E-state index in [9.17, 15) is 8.78 Å². The molecule has 1 heterocycles. The monoisotopic (exact) mass is 238 g/mol.